The van der Waals surface area contributed by atoms with Crippen LogP contribution in [-0.4, -0.2) is 16.2 Å². The number of rotatable bonds is 3. The van der Waals surface area contributed by atoms with Gasteiger partial charge in [-0.05, 0) is 12.3 Å². The van der Waals surface area contributed by atoms with E-state index in [1.165, 1.54) is 19.1 Å². The summed E-state index contributed by atoms with van der Waals surface area (Å²) in [4.78, 5) is 10.7. The van der Waals surface area contributed by atoms with Crippen LogP contribution >= 0.6 is 0 Å². The lowest BCUT2D eigenvalue weighted by molar-refractivity contribution is -0.131. The van der Waals surface area contributed by atoms with Crippen LogP contribution in [-0.2, 0) is 4.79 Å². The highest BCUT2D eigenvalue weighted by atomic mass is 16.5. The molecule has 1 aromatic rings. The van der Waals surface area contributed by atoms with E-state index in [1.54, 1.807) is 0 Å². The Morgan fingerprint density at radius 2 is 1.88 bits per heavy atom. The number of hydrogen-bond donors (Lipinski definition) is 2. The zero-order valence-corrected chi connectivity index (χ0v) is 9.65. The molecule has 16 heavy (non-hydrogen) atoms. The molecule has 0 saturated carbocycles. The highest BCUT2D eigenvalue weighted by Crippen LogP contribution is 2.38. The van der Waals surface area contributed by atoms with E-state index in [0.717, 1.165) is 6.42 Å². The molecule has 2 N–H and O–H groups in total. The molecule has 1 atom stereocenters. The molecule has 1 aromatic carbocycles. The first-order valence-corrected chi connectivity index (χ1v) is 5.20. The van der Waals surface area contributed by atoms with Gasteiger partial charge in [-0.25, -0.2) is 0 Å². The summed E-state index contributed by atoms with van der Waals surface area (Å²) in [5, 5.41) is 19.5. The predicted molar refractivity (Wildman–Crippen MR) is 59.8 cm³/mol. The van der Waals surface area contributed by atoms with Crippen LogP contribution in [0.1, 0.15) is 38.7 Å². The molecular weight excluding hydrogens is 208 g/mol. The molecule has 0 fully saturated rings. The average molecular weight is 224 g/mol. The molecule has 0 radical (unpaired) electrons. The van der Waals surface area contributed by atoms with Gasteiger partial charge in [0, 0.05) is 24.6 Å². The van der Waals surface area contributed by atoms with Crippen LogP contribution in [0.4, 0.5) is 0 Å². The van der Waals surface area contributed by atoms with Crippen molar-refractivity contribution in [2.75, 3.05) is 0 Å². The normalized spacial score (nSPS) is 12.2. The third-order valence-corrected chi connectivity index (χ3v) is 2.48. The van der Waals surface area contributed by atoms with Crippen molar-refractivity contribution in [3.05, 3.63) is 17.7 Å². The van der Waals surface area contributed by atoms with Gasteiger partial charge in [0.05, 0.1) is 0 Å². The molecule has 88 valence electrons. The fourth-order valence-electron chi connectivity index (χ4n) is 1.53. The van der Waals surface area contributed by atoms with Crippen molar-refractivity contribution in [3.63, 3.8) is 0 Å². The summed E-state index contributed by atoms with van der Waals surface area (Å²) in [6, 6.07) is 2.67. The van der Waals surface area contributed by atoms with Gasteiger partial charge >= 0.3 is 5.97 Å². The monoisotopic (exact) mass is 224 g/mol. The van der Waals surface area contributed by atoms with E-state index in [0.29, 0.717) is 5.56 Å². The maximum Gasteiger partial charge on any atom is 0.308 e. The molecule has 0 bridgehead atoms. The van der Waals surface area contributed by atoms with Gasteiger partial charge in [0.1, 0.15) is 17.2 Å². The highest BCUT2D eigenvalue weighted by Gasteiger charge is 2.16. The molecule has 0 saturated heterocycles. The van der Waals surface area contributed by atoms with Gasteiger partial charge in [-0.1, -0.05) is 13.8 Å². The molecule has 0 aliphatic rings. The Kier molecular flexibility index (Phi) is 3.77. The molecule has 0 aliphatic heterocycles. The maximum atomic E-state index is 10.7. The summed E-state index contributed by atoms with van der Waals surface area (Å²) >= 11 is 0. The molecule has 0 aliphatic carbocycles. The number of phenols is 2. The van der Waals surface area contributed by atoms with Gasteiger partial charge in [0.2, 0.25) is 0 Å². The van der Waals surface area contributed by atoms with E-state index >= 15 is 0 Å². The standard InChI is InChI=1S/C12H16O4/c1-4-7(2)12-10(14)5-9(6-11(12)15)16-8(3)13/h5-7,14-15H,4H2,1-3H3. The zero-order valence-electron chi connectivity index (χ0n) is 9.65. The van der Waals surface area contributed by atoms with Crippen molar-refractivity contribution in [3.8, 4) is 17.2 Å². The lowest BCUT2D eigenvalue weighted by atomic mass is 9.96. The second-order valence-corrected chi connectivity index (χ2v) is 3.78. The number of carbonyl (C=O) groups is 1. The van der Waals surface area contributed by atoms with Crippen LogP contribution < -0.4 is 4.74 Å². The summed E-state index contributed by atoms with van der Waals surface area (Å²) in [7, 11) is 0. The first-order valence-electron chi connectivity index (χ1n) is 5.20. The summed E-state index contributed by atoms with van der Waals surface area (Å²) in [5.74, 6) is -0.396. The van der Waals surface area contributed by atoms with Crippen LogP contribution in [0.25, 0.3) is 0 Å². The van der Waals surface area contributed by atoms with Crippen molar-refractivity contribution < 1.29 is 19.7 Å². The van der Waals surface area contributed by atoms with Crippen molar-refractivity contribution in [1.29, 1.82) is 0 Å². The van der Waals surface area contributed by atoms with Crippen molar-refractivity contribution in [1.82, 2.24) is 0 Å². The van der Waals surface area contributed by atoms with E-state index in [2.05, 4.69) is 0 Å². The average Bonchev–Trinajstić information content (AvgIpc) is 2.15. The third kappa shape index (κ3) is 2.66. The largest absolute Gasteiger partial charge is 0.507 e. The summed E-state index contributed by atoms with van der Waals surface area (Å²) in [5.41, 5.74) is 0.485. The Hall–Kier alpha value is -1.71. The van der Waals surface area contributed by atoms with Gasteiger partial charge in [0.15, 0.2) is 0 Å². The molecule has 1 rings (SSSR count). The summed E-state index contributed by atoms with van der Waals surface area (Å²) < 4.78 is 4.79. The molecule has 4 nitrogen and oxygen atoms in total. The minimum Gasteiger partial charge on any atom is -0.507 e. The number of carbonyl (C=O) groups excluding carboxylic acids is 1. The first-order chi connectivity index (χ1) is 7.45. The van der Waals surface area contributed by atoms with Crippen LogP contribution in [0.2, 0.25) is 0 Å². The number of ether oxygens (including phenoxy) is 1. The SMILES string of the molecule is CCC(C)c1c(O)cc(OC(C)=O)cc1O. The van der Waals surface area contributed by atoms with Crippen molar-refractivity contribution in [2.24, 2.45) is 0 Å². The molecule has 1 unspecified atom stereocenters. The second kappa shape index (κ2) is 4.88. The zero-order chi connectivity index (χ0) is 12.3. The quantitative estimate of drug-likeness (QED) is 0.611. The minimum absolute atomic E-state index is 0.0476. The van der Waals surface area contributed by atoms with Crippen LogP contribution in [0.5, 0.6) is 17.2 Å². The number of phenolic OH excluding ortho intramolecular Hbond substituents is 2. The number of esters is 1. The predicted octanol–water partition coefficient (Wildman–Crippen LogP) is 2.54. The van der Waals surface area contributed by atoms with Gasteiger partial charge in [-0.15, -0.1) is 0 Å². The molecule has 0 heterocycles. The summed E-state index contributed by atoms with van der Waals surface area (Å²) in [6.45, 7) is 5.13. The van der Waals surface area contributed by atoms with Gasteiger partial charge in [-0.3, -0.25) is 4.79 Å². The third-order valence-electron chi connectivity index (χ3n) is 2.48. The van der Waals surface area contributed by atoms with E-state index < -0.39 is 5.97 Å². The van der Waals surface area contributed by atoms with E-state index in [1.807, 2.05) is 13.8 Å². The van der Waals surface area contributed by atoms with E-state index in [4.69, 9.17) is 4.74 Å². The number of hydrogen-bond acceptors (Lipinski definition) is 4. The fraction of sp³-hybridized carbons (Fsp3) is 0.417. The fourth-order valence-corrected chi connectivity index (χ4v) is 1.53. The van der Waals surface area contributed by atoms with Crippen molar-refractivity contribution in [2.45, 2.75) is 33.1 Å². The molecule has 4 heteroatoms. The number of aromatic hydroxyl groups is 2. The Morgan fingerprint density at radius 1 is 1.38 bits per heavy atom. The van der Waals surface area contributed by atoms with Crippen molar-refractivity contribution >= 4 is 5.97 Å². The van der Waals surface area contributed by atoms with Crippen LogP contribution in [0.3, 0.4) is 0 Å². The minimum atomic E-state index is -0.491. The summed E-state index contributed by atoms with van der Waals surface area (Å²) in [6.07, 6.45) is 0.800. The van der Waals surface area contributed by atoms with Gasteiger partial charge < -0.3 is 14.9 Å². The van der Waals surface area contributed by atoms with E-state index in [-0.39, 0.29) is 23.2 Å². The Morgan fingerprint density at radius 3 is 2.25 bits per heavy atom. The molecule has 0 spiro atoms. The molecule has 0 aromatic heterocycles. The highest BCUT2D eigenvalue weighted by molar-refractivity contribution is 5.70. The lowest BCUT2D eigenvalue weighted by Crippen LogP contribution is -2.02. The maximum absolute atomic E-state index is 10.7. The van der Waals surface area contributed by atoms with E-state index in [9.17, 15) is 15.0 Å². The topological polar surface area (TPSA) is 66.8 Å². The number of benzene rings is 1. The van der Waals surface area contributed by atoms with Crippen LogP contribution in [0.15, 0.2) is 12.1 Å². The smallest absolute Gasteiger partial charge is 0.308 e. The second-order valence-electron chi connectivity index (χ2n) is 3.78. The van der Waals surface area contributed by atoms with Gasteiger partial charge in [0.25, 0.3) is 0 Å². The van der Waals surface area contributed by atoms with Crippen LogP contribution in [0, 0.1) is 0 Å². The Bertz CT molecular complexity index is 375. The Labute approximate surface area is 94.5 Å². The molecular formula is C12H16O4. The first kappa shape index (κ1) is 12.4. The Balaban J connectivity index is 3.12. The molecule has 0 amide bonds. The lowest BCUT2D eigenvalue weighted by Gasteiger charge is -2.14. The van der Waals surface area contributed by atoms with Gasteiger partial charge in [-0.2, -0.15) is 0 Å².